The minimum Gasteiger partial charge on any atom is -0.349 e. The lowest BCUT2D eigenvalue weighted by molar-refractivity contribution is 0.0937. The quantitative estimate of drug-likeness (QED) is 0.819. The largest absolute Gasteiger partial charge is 0.349 e. The lowest BCUT2D eigenvalue weighted by Gasteiger charge is -2.11. The van der Waals surface area contributed by atoms with Gasteiger partial charge in [0.15, 0.2) is 0 Å². The molecule has 6 heteroatoms. The van der Waals surface area contributed by atoms with E-state index in [1.54, 1.807) is 31.3 Å². The van der Waals surface area contributed by atoms with Crippen molar-refractivity contribution in [3.05, 3.63) is 40.4 Å². The Bertz CT molecular complexity index is 706. The molecule has 2 aromatic rings. The summed E-state index contributed by atoms with van der Waals surface area (Å²) in [7, 11) is 5.53. The van der Waals surface area contributed by atoms with E-state index in [1.165, 1.54) is 4.57 Å². The van der Waals surface area contributed by atoms with E-state index in [4.69, 9.17) is 0 Å². The van der Waals surface area contributed by atoms with Crippen molar-refractivity contribution in [1.29, 1.82) is 0 Å². The van der Waals surface area contributed by atoms with Crippen molar-refractivity contribution in [1.82, 2.24) is 19.8 Å². The highest BCUT2D eigenvalue weighted by Crippen LogP contribution is 2.07. The number of carbonyl (C=O) groups is 1. The van der Waals surface area contributed by atoms with Crippen LogP contribution < -0.4 is 10.9 Å². The number of nitrogens with one attached hydrogen (secondary N) is 1. The van der Waals surface area contributed by atoms with Crippen LogP contribution in [0.5, 0.6) is 0 Å². The van der Waals surface area contributed by atoms with E-state index in [2.05, 4.69) is 15.2 Å². The summed E-state index contributed by atoms with van der Waals surface area (Å²) in [4.78, 5) is 30.7. The molecule has 0 atom stereocenters. The maximum absolute atomic E-state index is 12.2. The van der Waals surface area contributed by atoms with Crippen LogP contribution in [0.4, 0.5) is 0 Å². The molecule has 0 fully saturated rings. The first-order valence-corrected chi connectivity index (χ1v) is 6.89. The fourth-order valence-electron chi connectivity index (χ4n) is 2.10. The molecule has 1 aromatic carbocycles. The minimum atomic E-state index is -0.320. The van der Waals surface area contributed by atoms with Gasteiger partial charge in [0.05, 0.1) is 10.9 Å². The second-order valence-corrected chi connectivity index (χ2v) is 5.23. The van der Waals surface area contributed by atoms with E-state index >= 15 is 0 Å². The highest BCUT2D eigenvalue weighted by Gasteiger charge is 2.14. The first-order valence-electron chi connectivity index (χ1n) is 6.89. The maximum Gasteiger partial charge on any atom is 0.287 e. The molecule has 1 aromatic heterocycles. The Morgan fingerprint density at radius 2 is 2.05 bits per heavy atom. The molecule has 0 unspecified atom stereocenters. The Balaban J connectivity index is 2.20. The third kappa shape index (κ3) is 3.46. The Kier molecular flexibility index (Phi) is 4.70. The van der Waals surface area contributed by atoms with Gasteiger partial charge in [-0.2, -0.15) is 0 Å². The molecular formula is C15H20N4O2. The third-order valence-electron chi connectivity index (χ3n) is 3.25. The lowest BCUT2D eigenvalue weighted by Crippen LogP contribution is -2.33. The molecule has 0 aliphatic carbocycles. The Morgan fingerprint density at radius 1 is 1.33 bits per heavy atom. The van der Waals surface area contributed by atoms with Gasteiger partial charge in [0.25, 0.3) is 11.5 Å². The lowest BCUT2D eigenvalue weighted by atomic mass is 10.2. The zero-order valence-corrected chi connectivity index (χ0v) is 12.6. The average Bonchev–Trinajstić information content (AvgIpc) is 2.47. The smallest absolute Gasteiger partial charge is 0.287 e. The zero-order chi connectivity index (χ0) is 15.4. The summed E-state index contributed by atoms with van der Waals surface area (Å²) in [5.41, 5.74) is 0.332. The monoisotopic (exact) mass is 288 g/mol. The molecular weight excluding hydrogens is 268 g/mol. The van der Waals surface area contributed by atoms with Crippen molar-refractivity contribution in [2.45, 2.75) is 6.42 Å². The maximum atomic E-state index is 12.2. The van der Waals surface area contributed by atoms with Crippen LogP contribution in [0.15, 0.2) is 29.1 Å². The van der Waals surface area contributed by atoms with Gasteiger partial charge in [-0.15, -0.1) is 0 Å². The van der Waals surface area contributed by atoms with E-state index in [1.807, 2.05) is 14.1 Å². The van der Waals surface area contributed by atoms with Crippen LogP contribution in [0.1, 0.15) is 17.0 Å². The number of fused-ring (bicyclic) bond motifs is 1. The van der Waals surface area contributed by atoms with Crippen molar-refractivity contribution in [3.8, 4) is 0 Å². The van der Waals surface area contributed by atoms with Gasteiger partial charge in [-0.05, 0) is 39.2 Å². The fourth-order valence-corrected chi connectivity index (χ4v) is 2.10. The molecule has 112 valence electrons. The van der Waals surface area contributed by atoms with Crippen LogP contribution in [0.3, 0.4) is 0 Å². The second kappa shape index (κ2) is 6.49. The highest BCUT2D eigenvalue weighted by atomic mass is 16.2. The molecule has 0 aliphatic rings. The SMILES string of the molecule is CN(C)CCCNC(=O)c1nc2ccccc2c(=O)n1C. The topological polar surface area (TPSA) is 67.2 Å². The number of carbonyl (C=O) groups excluding carboxylic acids is 1. The number of aromatic nitrogens is 2. The molecule has 0 saturated heterocycles. The Labute approximate surface area is 123 Å². The molecule has 21 heavy (non-hydrogen) atoms. The number of benzene rings is 1. The van der Waals surface area contributed by atoms with Crippen molar-refractivity contribution in [2.75, 3.05) is 27.2 Å². The van der Waals surface area contributed by atoms with Gasteiger partial charge in [-0.25, -0.2) is 4.98 Å². The molecule has 1 N–H and O–H groups in total. The van der Waals surface area contributed by atoms with Crippen molar-refractivity contribution in [3.63, 3.8) is 0 Å². The van der Waals surface area contributed by atoms with Crippen molar-refractivity contribution >= 4 is 16.8 Å². The van der Waals surface area contributed by atoms with Crippen molar-refractivity contribution < 1.29 is 4.79 Å². The number of hydrogen-bond acceptors (Lipinski definition) is 4. The van der Waals surface area contributed by atoms with Crippen LogP contribution in [-0.2, 0) is 7.05 Å². The molecule has 0 radical (unpaired) electrons. The van der Waals surface area contributed by atoms with Crippen molar-refractivity contribution in [2.24, 2.45) is 7.05 Å². The van der Waals surface area contributed by atoms with E-state index < -0.39 is 0 Å². The van der Waals surface area contributed by atoms with Gasteiger partial charge in [0, 0.05) is 13.6 Å². The van der Waals surface area contributed by atoms with E-state index in [0.717, 1.165) is 13.0 Å². The summed E-state index contributed by atoms with van der Waals surface area (Å²) in [6.07, 6.45) is 0.847. The molecule has 1 heterocycles. The van der Waals surface area contributed by atoms with Crippen LogP contribution >= 0.6 is 0 Å². The summed E-state index contributed by atoms with van der Waals surface area (Å²) >= 11 is 0. The predicted molar refractivity (Wildman–Crippen MR) is 82.5 cm³/mol. The summed E-state index contributed by atoms with van der Waals surface area (Å²) < 4.78 is 1.30. The van der Waals surface area contributed by atoms with Gasteiger partial charge < -0.3 is 10.2 Å². The Hall–Kier alpha value is -2.21. The fraction of sp³-hybridized carbons (Fsp3) is 0.400. The standard InChI is InChI=1S/C15H20N4O2/c1-18(2)10-6-9-16-14(20)13-17-12-8-5-4-7-11(12)15(21)19(13)3/h4-5,7-8H,6,9-10H2,1-3H3,(H,16,20). The van der Waals surface area contributed by atoms with Gasteiger partial charge in [0.1, 0.15) is 0 Å². The van der Waals surface area contributed by atoms with Gasteiger partial charge in [-0.1, -0.05) is 12.1 Å². The normalized spacial score (nSPS) is 11.0. The number of rotatable bonds is 5. The molecule has 0 saturated carbocycles. The predicted octanol–water partition coefficient (Wildman–Crippen LogP) is 0.615. The molecule has 1 amide bonds. The van der Waals surface area contributed by atoms with Gasteiger partial charge in [0.2, 0.25) is 5.82 Å². The Morgan fingerprint density at radius 3 is 2.76 bits per heavy atom. The van der Waals surface area contributed by atoms with E-state index in [0.29, 0.717) is 17.4 Å². The van der Waals surface area contributed by atoms with E-state index in [9.17, 15) is 9.59 Å². The third-order valence-corrected chi connectivity index (χ3v) is 3.25. The van der Waals surface area contributed by atoms with Crippen LogP contribution in [-0.4, -0.2) is 47.5 Å². The molecule has 0 bridgehead atoms. The first kappa shape index (κ1) is 15.2. The highest BCUT2D eigenvalue weighted by molar-refractivity contribution is 5.92. The summed E-state index contributed by atoms with van der Waals surface area (Å²) in [5.74, 6) is -0.178. The average molecular weight is 288 g/mol. The minimum absolute atomic E-state index is 0.142. The molecule has 6 nitrogen and oxygen atoms in total. The molecule has 2 rings (SSSR count). The van der Waals surface area contributed by atoms with Crippen LogP contribution in [0, 0.1) is 0 Å². The van der Waals surface area contributed by atoms with Gasteiger partial charge >= 0.3 is 0 Å². The van der Waals surface area contributed by atoms with E-state index in [-0.39, 0.29) is 17.3 Å². The van der Waals surface area contributed by atoms with Crippen LogP contribution in [0.25, 0.3) is 10.9 Å². The zero-order valence-electron chi connectivity index (χ0n) is 12.6. The summed E-state index contributed by atoms with van der Waals surface area (Å²) in [6, 6.07) is 7.03. The number of hydrogen-bond donors (Lipinski definition) is 1. The second-order valence-electron chi connectivity index (χ2n) is 5.23. The number of amides is 1. The van der Waals surface area contributed by atoms with Gasteiger partial charge in [-0.3, -0.25) is 14.2 Å². The van der Waals surface area contributed by atoms with Crippen LogP contribution in [0.2, 0.25) is 0 Å². The summed E-state index contributed by atoms with van der Waals surface area (Å²) in [6.45, 7) is 1.45. The first-order chi connectivity index (χ1) is 10.0. The summed E-state index contributed by atoms with van der Waals surface area (Å²) in [5, 5.41) is 3.32. The molecule has 0 aliphatic heterocycles. The molecule has 0 spiro atoms. The number of nitrogens with zero attached hydrogens (tertiary/aromatic N) is 3. The number of para-hydroxylation sites is 1.